The standard InChI is InChI=1S/C26H20FN3O4/c27-21-9-3-1-7-19(21)16-29-25(31)23(18-11-13-20(14-12-18)30(33)34)24(26(29)32)28-15-5-8-17-6-2-4-10-22(17)28/h1-4,6-7,9-14H,5,8,15-16H2. The molecule has 170 valence electrons. The van der Waals surface area contributed by atoms with Gasteiger partial charge < -0.3 is 4.90 Å². The van der Waals surface area contributed by atoms with Crippen molar-refractivity contribution in [2.24, 2.45) is 0 Å². The Labute approximate surface area is 194 Å². The van der Waals surface area contributed by atoms with Gasteiger partial charge in [0.2, 0.25) is 0 Å². The van der Waals surface area contributed by atoms with Gasteiger partial charge in [-0.2, -0.15) is 0 Å². The van der Waals surface area contributed by atoms with Crippen molar-refractivity contribution < 1.29 is 18.9 Å². The highest BCUT2D eigenvalue weighted by molar-refractivity contribution is 6.36. The van der Waals surface area contributed by atoms with Crippen molar-refractivity contribution in [1.82, 2.24) is 4.90 Å². The third-order valence-corrected chi connectivity index (χ3v) is 6.18. The van der Waals surface area contributed by atoms with Gasteiger partial charge in [0.05, 0.1) is 17.0 Å². The van der Waals surface area contributed by atoms with E-state index in [1.54, 1.807) is 12.1 Å². The number of non-ortho nitro benzene ring substituents is 1. The van der Waals surface area contributed by atoms with E-state index in [9.17, 15) is 24.1 Å². The topological polar surface area (TPSA) is 83.8 Å². The lowest BCUT2D eigenvalue weighted by Crippen LogP contribution is -2.37. The molecule has 2 amide bonds. The summed E-state index contributed by atoms with van der Waals surface area (Å²) in [5.74, 6) is -1.57. The van der Waals surface area contributed by atoms with Crippen LogP contribution in [0.4, 0.5) is 15.8 Å². The fourth-order valence-electron chi connectivity index (χ4n) is 4.53. The Kier molecular flexibility index (Phi) is 5.41. The highest BCUT2D eigenvalue weighted by atomic mass is 19.1. The van der Waals surface area contributed by atoms with Gasteiger partial charge in [-0.25, -0.2) is 4.39 Å². The van der Waals surface area contributed by atoms with Gasteiger partial charge in [0.15, 0.2) is 0 Å². The summed E-state index contributed by atoms with van der Waals surface area (Å²) in [5.41, 5.74) is 2.80. The van der Waals surface area contributed by atoms with Crippen molar-refractivity contribution in [3.63, 3.8) is 0 Å². The number of carbonyl (C=O) groups is 2. The number of para-hydroxylation sites is 1. The number of rotatable bonds is 5. The molecule has 7 nitrogen and oxygen atoms in total. The number of amides is 2. The van der Waals surface area contributed by atoms with Gasteiger partial charge in [-0.15, -0.1) is 0 Å². The molecule has 0 saturated heterocycles. The number of fused-ring (bicyclic) bond motifs is 1. The summed E-state index contributed by atoms with van der Waals surface area (Å²) >= 11 is 0. The van der Waals surface area contributed by atoms with Crippen LogP contribution in [0.25, 0.3) is 5.57 Å². The van der Waals surface area contributed by atoms with Crippen LogP contribution in [0.3, 0.4) is 0 Å². The van der Waals surface area contributed by atoms with Crippen LogP contribution in [-0.4, -0.2) is 28.2 Å². The fourth-order valence-corrected chi connectivity index (χ4v) is 4.53. The zero-order valence-electron chi connectivity index (χ0n) is 18.1. The minimum atomic E-state index is -0.555. The van der Waals surface area contributed by atoms with Gasteiger partial charge in [0, 0.05) is 29.9 Å². The maximum atomic E-state index is 14.3. The van der Waals surface area contributed by atoms with Gasteiger partial charge in [-0.05, 0) is 48.2 Å². The molecule has 0 fully saturated rings. The summed E-state index contributed by atoms with van der Waals surface area (Å²) in [4.78, 5) is 40.7. The minimum Gasteiger partial charge on any atom is -0.336 e. The Morgan fingerprint density at radius 1 is 0.912 bits per heavy atom. The lowest BCUT2D eigenvalue weighted by Gasteiger charge is -2.32. The van der Waals surface area contributed by atoms with Crippen LogP contribution in [0.15, 0.2) is 78.5 Å². The number of benzene rings is 3. The van der Waals surface area contributed by atoms with E-state index in [0.717, 1.165) is 29.0 Å². The van der Waals surface area contributed by atoms with E-state index in [1.165, 1.54) is 36.4 Å². The molecule has 0 bridgehead atoms. The first kappa shape index (κ1) is 21.5. The van der Waals surface area contributed by atoms with Crippen LogP contribution in [0.5, 0.6) is 0 Å². The number of anilines is 1. The molecule has 0 aromatic heterocycles. The van der Waals surface area contributed by atoms with Crippen LogP contribution in [-0.2, 0) is 22.6 Å². The largest absolute Gasteiger partial charge is 0.336 e. The monoisotopic (exact) mass is 457 g/mol. The molecule has 0 unspecified atom stereocenters. The van der Waals surface area contributed by atoms with Gasteiger partial charge >= 0.3 is 0 Å². The van der Waals surface area contributed by atoms with Crippen molar-refractivity contribution in [2.45, 2.75) is 19.4 Å². The molecule has 8 heteroatoms. The van der Waals surface area contributed by atoms with Crippen LogP contribution in [0, 0.1) is 15.9 Å². The Morgan fingerprint density at radius 3 is 2.35 bits per heavy atom. The summed E-state index contributed by atoms with van der Waals surface area (Å²) < 4.78 is 14.3. The van der Waals surface area contributed by atoms with E-state index in [1.807, 2.05) is 29.2 Å². The molecule has 0 saturated carbocycles. The van der Waals surface area contributed by atoms with Gasteiger partial charge in [0.25, 0.3) is 17.5 Å². The van der Waals surface area contributed by atoms with Crippen molar-refractivity contribution in [2.75, 3.05) is 11.4 Å². The lowest BCUT2D eigenvalue weighted by atomic mass is 9.98. The molecule has 0 N–H and O–H groups in total. The molecular formula is C26H20FN3O4. The Hall–Kier alpha value is -4.33. The zero-order valence-corrected chi connectivity index (χ0v) is 18.1. The number of hydrogen-bond acceptors (Lipinski definition) is 5. The molecule has 0 aliphatic carbocycles. The predicted molar refractivity (Wildman–Crippen MR) is 124 cm³/mol. The number of halogens is 1. The lowest BCUT2D eigenvalue weighted by molar-refractivity contribution is -0.384. The first-order valence-electron chi connectivity index (χ1n) is 10.9. The van der Waals surface area contributed by atoms with E-state index in [2.05, 4.69) is 0 Å². The molecule has 34 heavy (non-hydrogen) atoms. The number of imide groups is 1. The zero-order chi connectivity index (χ0) is 23.8. The summed E-state index contributed by atoms with van der Waals surface area (Å²) in [6, 6.07) is 19.3. The van der Waals surface area contributed by atoms with Gasteiger partial charge in [-0.3, -0.25) is 24.6 Å². The molecular weight excluding hydrogens is 437 g/mol. The number of nitrogens with zero attached hydrogens (tertiary/aromatic N) is 3. The van der Waals surface area contributed by atoms with E-state index in [0.29, 0.717) is 12.1 Å². The average Bonchev–Trinajstić information content (AvgIpc) is 3.09. The van der Waals surface area contributed by atoms with Crippen LogP contribution >= 0.6 is 0 Å². The number of aryl methyl sites for hydroxylation is 1. The molecule has 2 aliphatic heterocycles. The van der Waals surface area contributed by atoms with Crippen molar-refractivity contribution in [1.29, 1.82) is 0 Å². The summed E-state index contributed by atoms with van der Waals surface area (Å²) in [5, 5.41) is 11.1. The Morgan fingerprint density at radius 2 is 1.62 bits per heavy atom. The summed E-state index contributed by atoms with van der Waals surface area (Å²) in [7, 11) is 0. The third-order valence-electron chi connectivity index (χ3n) is 6.18. The van der Waals surface area contributed by atoms with Crippen LogP contribution in [0.1, 0.15) is 23.1 Å². The van der Waals surface area contributed by atoms with Crippen LogP contribution < -0.4 is 4.90 Å². The van der Waals surface area contributed by atoms with E-state index >= 15 is 0 Å². The Bertz CT molecular complexity index is 1350. The molecule has 2 heterocycles. The number of nitro groups is 1. The second-order valence-corrected chi connectivity index (χ2v) is 8.20. The van der Waals surface area contributed by atoms with E-state index < -0.39 is 22.6 Å². The first-order valence-corrected chi connectivity index (χ1v) is 10.9. The molecule has 2 aliphatic rings. The van der Waals surface area contributed by atoms with Crippen molar-refractivity contribution in [3.05, 3.63) is 111 Å². The molecule has 0 atom stereocenters. The predicted octanol–water partition coefficient (Wildman–Crippen LogP) is 4.47. The second-order valence-electron chi connectivity index (χ2n) is 8.20. The highest BCUT2D eigenvalue weighted by Crippen LogP contribution is 2.38. The quantitative estimate of drug-likeness (QED) is 0.321. The molecule has 5 rings (SSSR count). The molecule has 3 aromatic rings. The van der Waals surface area contributed by atoms with Gasteiger partial charge in [-0.1, -0.05) is 36.4 Å². The smallest absolute Gasteiger partial charge is 0.278 e. The fraction of sp³-hybridized carbons (Fsp3) is 0.154. The normalized spacial score (nSPS) is 15.7. The molecule has 0 radical (unpaired) electrons. The highest BCUT2D eigenvalue weighted by Gasteiger charge is 2.43. The first-order chi connectivity index (χ1) is 16.5. The maximum Gasteiger partial charge on any atom is 0.278 e. The number of carbonyl (C=O) groups excluding carboxylic acids is 2. The molecule has 0 spiro atoms. The number of hydrogen-bond donors (Lipinski definition) is 0. The number of nitro benzene ring substituents is 1. The van der Waals surface area contributed by atoms with Crippen molar-refractivity contribution in [3.8, 4) is 0 Å². The molecule has 3 aromatic carbocycles. The van der Waals surface area contributed by atoms with Crippen LogP contribution in [0.2, 0.25) is 0 Å². The summed E-state index contributed by atoms with van der Waals surface area (Å²) in [6.07, 6.45) is 1.65. The van der Waals surface area contributed by atoms with E-state index in [-0.39, 0.29) is 29.1 Å². The van der Waals surface area contributed by atoms with Gasteiger partial charge in [0.1, 0.15) is 11.5 Å². The van der Waals surface area contributed by atoms with E-state index in [4.69, 9.17) is 0 Å². The minimum absolute atomic E-state index is 0.116. The third kappa shape index (κ3) is 3.63. The second kappa shape index (κ2) is 8.55. The van der Waals surface area contributed by atoms with Crippen molar-refractivity contribution >= 4 is 28.8 Å². The maximum absolute atomic E-state index is 14.3. The SMILES string of the molecule is O=C1C(c2ccc([N+](=O)[O-])cc2)=C(N2CCCc3ccccc32)C(=O)N1Cc1ccccc1F. The Balaban J connectivity index is 1.63. The summed E-state index contributed by atoms with van der Waals surface area (Å²) in [6.45, 7) is 0.329. The average molecular weight is 457 g/mol.